The molecule has 0 aliphatic heterocycles. The SMILES string of the molecule is C[C@H]1[C@H](CO)[C@@H]2C=C[C@@H]1C2. The van der Waals surface area contributed by atoms with Crippen molar-refractivity contribution >= 4 is 0 Å². The highest BCUT2D eigenvalue weighted by atomic mass is 16.3. The summed E-state index contributed by atoms with van der Waals surface area (Å²) in [5, 5.41) is 9.02. The van der Waals surface area contributed by atoms with E-state index in [1.807, 2.05) is 0 Å². The minimum absolute atomic E-state index is 0.382. The second-order valence-corrected chi connectivity index (χ2v) is 3.65. The molecule has 0 heterocycles. The van der Waals surface area contributed by atoms with Crippen LogP contribution >= 0.6 is 0 Å². The fourth-order valence-electron chi connectivity index (χ4n) is 2.47. The first-order valence-corrected chi connectivity index (χ1v) is 4.12. The first-order chi connectivity index (χ1) is 4.83. The van der Waals surface area contributed by atoms with Gasteiger partial charge in [0.2, 0.25) is 0 Å². The normalized spacial score (nSPS) is 50.6. The zero-order valence-corrected chi connectivity index (χ0v) is 6.33. The maximum absolute atomic E-state index is 9.02. The number of aliphatic hydroxyl groups is 1. The third kappa shape index (κ3) is 0.671. The molecule has 2 aliphatic rings. The molecule has 0 aromatic rings. The van der Waals surface area contributed by atoms with E-state index in [4.69, 9.17) is 5.11 Å². The zero-order chi connectivity index (χ0) is 7.14. The summed E-state index contributed by atoms with van der Waals surface area (Å²) in [6, 6.07) is 0. The van der Waals surface area contributed by atoms with Gasteiger partial charge in [-0.15, -0.1) is 0 Å². The molecule has 0 unspecified atom stereocenters. The van der Waals surface area contributed by atoms with Gasteiger partial charge in [-0.05, 0) is 30.1 Å². The molecule has 0 amide bonds. The smallest absolute Gasteiger partial charge is 0.0467 e. The Balaban J connectivity index is 2.18. The zero-order valence-electron chi connectivity index (χ0n) is 6.33. The highest BCUT2D eigenvalue weighted by Gasteiger charge is 2.40. The predicted octanol–water partition coefficient (Wildman–Crippen LogP) is 1.44. The second-order valence-electron chi connectivity index (χ2n) is 3.65. The lowest BCUT2D eigenvalue weighted by molar-refractivity contribution is 0.172. The molecular formula is C9H14O. The van der Waals surface area contributed by atoms with Crippen LogP contribution in [0.5, 0.6) is 0 Å². The van der Waals surface area contributed by atoms with Gasteiger partial charge in [0, 0.05) is 6.61 Å². The fourth-order valence-corrected chi connectivity index (χ4v) is 2.47. The highest BCUT2D eigenvalue weighted by molar-refractivity contribution is 5.12. The maximum atomic E-state index is 9.02. The van der Waals surface area contributed by atoms with Crippen LogP contribution in [0.15, 0.2) is 12.2 Å². The molecule has 2 rings (SSSR count). The van der Waals surface area contributed by atoms with Gasteiger partial charge >= 0.3 is 0 Å². The Morgan fingerprint density at radius 3 is 2.50 bits per heavy atom. The van der Waals surface area contributed by atoms with Gasteiger partial charge in [-0.3, -0.25) is 0 Å². The number of allylic oxidation sites excluding steroid dienone is 2. The van der Waals surface area contributed by atoms with Crippen LogP contribution in [0.3, 0.4) is 0 Å². The minimum atomic E-state index is 0.382. The van der Waals surface area contributed by atoms with Crippen molar-refractivity contribution in [1.82, 2.24) is 0 Å². The Bertz CT molecular complexity index is 162. The van der Waals surface area contributed by atoms with Gasteiger partial charge in [0.05, 0.1) is 0 Å². The molecule has 0 aromatic heterocycles. The lowest BCUT2D eigenvalue weighted by Crippen LogP contribution is -2.19. The van der Waals surface area contributed by atoms with Crippen LogP contribution in [-0.4, -0.2) is 11.7 Å². The van der Waals surface area contributed by atoms with E-state index < -0.39 is 0 Å². The largest absolute Gasteiger partial charge is 0.396 e. The molecule has 1 heteroatoms. The lowest BCUT2D eigenvalue weighted by Gasteiger charge is -2.21. The van der Waals surface area contributed by atoms with Crippen molar-refractivity contribution in [2.75, 3.05) is 6.61 Å². The standard InChI is InChI=1S/C9H14O/c1-6-7-2-3-8(4-7)9(6)5-10/h2-3,6-10H,4-5H2,1H3/t6-,7-,8-,9+/m1/s1. The van der Waals surface area contributed by atoms with E-state index in [0.29, 0.717) is 18.4 Å². The minimum Gasteiger partial charge on any atom is -0.396 e. The quantitative estimate of drug-likeness (QED) is 0.543. The van der Waals surface area contributed by atoms with Crippen molar-refractivity contribution in [1.29, 1.82) is 0 Å². The van der Waals surface area contributed by atoms with Gasteiger partial charge < -0.3 is 5.11 Å². The topological polar surface area (TPSA) is 20.2 Å². The van der Waals surface area contributed by atoms with Crippen molar-refractivity contribution in [3.63, 3.8) is 0 Å². The summed E-state index contributed by atoms with van der Waals surface area (Å²) in [6.07, 6.45) is 5.90. The van der Waals surface area contributed by atoms with Crippen LogP contribution in [0.2, 0.25) is 0 Å². The third-order valence-electron chi connectivity index (χ3n) is 3.26. The number of hydrogen-bond donors (Lipinski definition) is 1. The fraction of sp³-hybridized carbons (Fsp3) is 0.778. The molecule has 10 heavy (non-hydrogen) atoms. The molecule has 1 fully saturated rings. The van der Waals surface area contributed by atoms with Crippen molar-refractivity contribution in [3.8, 4) is 0 Å². The highest BCUT2D eigenvalue weighted by Crippen LogP contribution is 2.47. The van der Waals surface area contributed by atoms with Crippen LogP contribution in [0.25, 0.3) is 0 Å². The van der Waals surface area contributed by atoms with Crippen LogP contribution in [0.1, 0.15) is 13.3 Å². The average Bonchev–Trinajstić information content (AvgIpc) is 2.46. The molecule has 1 nitrogen and oxygen atoms in total. The molecule has 0 radical (unpaired) electrons. The molecule has 4 atom stereocenters. The van der Waals surface area contributed by atoms with E-state index in [9.17, 15) is 0 Å². The Kier molecular flexibility index (Phi) is 1.34. The van der Waals surface area contributed by atoms with Crippen LogP contribution in [0, 0.1) is 23.7 Å². The van der Waals surface area contributed by atoms with E-state index in [2.05, 4.69) is 19.1 Å². The van der Waals surface area contributed by atoms with Crippen molar-refractivity contribution < 1.29 is 5.11 Å². The summed E-state index contributed by atoms with van der Waals surface area (Å²) < 4.78 is 0. The molecule has 0 aromatic carbocycles. The number of aliphatic hydroxyl groups excluding tert-OH is 1. The number of hydrogen-bond acceptors (Lipinski definition) is 1. The molecule has 0 spiro atoms. The van der Waals surface area contributed by atoms with Gasteiger partial charge in [-0.2, -0.15) is 0 Å². The molecule has 0 saturated heterocycles. The second kappa shape index (κ2) is 2.09. The van der Waals surface area contributed by atoms with Crippen molar-refractivity contribution in [2.45, 2.75) is 13.3 Å². The Hall–Kier alpha value is -0.300. The Morgan fingerprint density at radius 2 is 2.10 bits per heavy atom. The van der Waals surface area contributed by atoms with Crippen molar-refractivity contribution in [2.24, 2.45) is 23.7 Å². The van der Waals surface area contributed by atoms with Gasteiger partial charge in [0.25, 0.3) is 0 Å². The maximum Gasteiger partial charge on any atom is 0.0467 e. The monoisotopic (exact) mass is 138 g/mol. The van der Waals surface area contributed by atoms with E-state index >= 15 is 0 Å². The lowest BCUT2D eigenvalue weighted by atomic mass is 9.85. The molecule has 1 N–H and O–H groups in total. The van der Waals surface area contributed by atoms with Gasteiger partial charge in [-0.25, -0.2) is 0 Å². The summed E-state index contributed by atoms with van der Waals surface area (Å²) in [5.41, 5.74) is 0. The molecule has 2 aliphatic carbocycles. The van der Waals surface area contributed by atoms with Crippen molar-refractivity contribution in [3.05, 3.63) is 12.2 Å². The van der Waals surface area contributed by atoms with E-state index in [-0.39, 0.29) is 0 Å². The van der Waals surface area contributed by atoms with E-state index in [0.717, 1.165) is 11.8 Å². The molecular weight excluding hydrogens is 124 g/mol. The summed E-state index contributed by atoms with van der Waals surface area (Å²) in [6.45, 7) is 2.64. The van der Waals surface area contributed by atoms with Crippen LogP contribution in [0.4, 0.5) is 0 Å². The van der Waals surface area contributed by atoms with E-state index in [1.54, 1.807) is 0 Å². The number of rotatable bonds is 1. The van der Waals surface area contributed by atoms with Gasteiger partial charge in [0.15, 0.2) is 0 Å². The summed E-state index contributed by atoms with van der Waals surface area (Å²) in [4.78, 5) is 0. The summed E-state index contributed by atoms with van der Waals surface area (Å²) in [5.74, 6) is 2.77. The van der Waals surface area contributed by atoms with Gasteiger partial charge in [0.1, 0.15) is 0 Å². The average molecular weight is 138 g/mol. The van der Waals surface area contributed by atoms with Gasteiger partial charge in [-0.1, -0.05) is 19.1 Å². The molecule has 2 bridgehead atoms. The summed E-state index contributed by atoms with van der Waals surface area (Å²) >= 11 is 0. The molecule has 1 saturated carbocycles. The Morgan fingerprint density at radius 1 is 1.40 bits per heavy atom. The third-order valence-corrected chi connectivity index (χ3v) is 3.26. The Labute approximate surface area is 61.8 Å². The van der Waals surface area contributed by atoms with Crippen LogP contribution in [-0.2, 0) is 0 Å². The predicted molar refractivity (Wildman–Crippen MR) is 40.5 cm³/mol. The van der Waals surface area contributed by atoms with E-state index in [1.165, 1.54) is 6.42 Å². The first kappa shape index (κ1) is 6.41. The first-order valence-electron chi connectivity index (χ1n) is 4.12. The number of fused-ring (bicyclic) bond motifs is 2. The summed E-state index contributed by atoms with van der Waals surface area (Å²) in [7, 11) is 0. The molecule has 56 valence electrons. The van der Waals surface area contributed by atoms with Crippen LogP contribution < -0.4 is 0 Å².